The van der Waals surface area contributed by atoms with Gasteiger partial charge in [-0.05, 0) is 42.8 Å². The van der Waals surface area contributed by atoms with Gasteiger partial charge in [0.1, 0.15) is 11.7 Å². The van der Waals surface area contributed by atoms with Gasteiger partial charge in [-0.25, -0.2) is 9.98 Å². The van der Waals surface area contributed by atoms with Crippen LogP contribution in [0.25, 0.3) is 0 Å². The molecule has 1 aromatic carbocycles. The SMILES string of the molecule is CC1=CN2C(=NC(C(F)(F)F)(C(F)(F)F)N=C2c2ccc(Cl)cc2)C=C1. The highest BCUT2D eigenvalue weighted by Gasteiger charge is 2.73. The van der Waals surface area contributed by atoms with Gasteiger partial charge in [0.15, 0.2) is 0 Å². The molecule has 0 unspecified atom stereocenters. The van der Waals surface area contributed by atoms with Crippen molar-refractivity contribution in [3.05, 3.63) is 58.8 Å². The molecule has 3 rings (SSSR count). The summed E-state index contributed by atoms with van der Waals surface area (Å²) in [6, 6.07) is 5.29. The van der Waals surface area contributed by atoms with E-state index in [-0.39, 0.29) is 10.6 Å². The Morgan fingerprint density at radius 3 is 2.04 bits per heavy atom. The van der Waals surface area contributed by atoms with Crippen molar-refractivity contribution in [3.8, 4) is 0 Å². The Morgan fingerprint density at radius 2 is 1.50 bits per heavy atom. The monoisotopic (exact) mass is 393 g/mol. The molecule has 10 heteroatoms. The Labute approximate surface area is 149 Å². The average molecular weight is 394 g/mol. The van der Waals surface area contributed by atoms with E-state index >= 15 is 0 Å². The van der Waals surface area contributed by atoms with Gasteiger partial charge in [-0.15, -0.1) is 0 Å². The summed E-state index contributed by atoms with van der Waals surface area (Å²) >= 11 is 5.75. The van der Waals surface area contributed by atoms with Crippen LogP contribution in [-0.2, 0) is 0 Å². The van der Waals surface area contributed by atoms with E-state index in [9.17, 15) is 26.3 Å². The highest BCUT2D eigenvalue weighted by molar-refractivity contribution is 6.30. The minimum atomic E-state index is -5.77. The van der Waals surface area contributed by atoms with Crippen molar-refractivity contribution >= 4 is 23.3 Å². The van der Waals surface area contributed by atoms with Gasteiger partial charge in [0.05, 0.1) is 0 Å². The van der Waals surface area contributed by atoms with Crippen molar-refractivity contribution in [1.29, 1.82) is 0 Å². The minimum absolute atomic E-state index is 0.0408. The van der Waals surface area contributed by atoms with Crippen LogP contribution in [0.15, 0.2) is 58.2 Å². The van der Waals surface area contributed by atoms with Crippen LogP contribution in [0.4, 0.5) is 26.3 Å². The summed E-state index contributed by atoms with van der Waals surface area (Å²) in [5, 5.41) is 0.280. The van der Waals surface area contributed by atoms with Crippen molar-refractivity contribution in [1.82, 2.24) is 4.90 Å². The zero-order valence-corrected chi connectivity index (χ0v) is 13.8. The third-order valence-corrected chi connectivity index (χ3v) is 3.99. The predicted molar refractivity (Wildman–Crippen MR) is 85.0 cm³/mol. The van der Waals surface area contributed by atoms with E-state index < -0.39 is 29.7 Å². The van der Waals surface area contributed by atoms with Gasteiger partial charge in [-0.1, -0.05) is 17.7 Å². The molecule has 0 atom stereocenters. The van der Waals surface area contributed by atoms with Crippen LogP contribution in [0.1, 0.15) is 12.5 Å². The molecular weight excluding hydrogens is 384 g/mol. The van der Waals surface area contributed by atoms with E-state index in [1.807, 2.05) is 0 Å². The molecule has 0 N–H and O–H groups in total. The first-order valence-electron chi connectivity index (χ1n) is 7.19. The average Bonchev–Trinajstić information content (AvgIpc) is 2.52. The van der Waals surface area contributed by atoms with E-state index in [0.29, 0.717) is 5.57 Å². The first-order valence-corrected chi connectivity index (χ1v) is 7.57. The topological polar surface area (TPSA) is 28.0 Å². The van der Waals surface area contributed by atoms with Gasteiger partial charge >= 0.3 is 18.0 Å². The Morgan fingerprint density at radius 1 is 0.923 bits per heavy atom. The van der Waals surface area contributed by atoms with Crippen LogP contribution < -0.4 is 0 Å². The second-order valence-corrected chi connectivity index (χ2v) is 6.09. The zero-order valence-electron chi connectivity index (χ0n) is 13.0. The highest BCUT2D eigenvalue weighted by Crippen LogP contribution is 2.49. The molecule has 138 valence electrons. The molecule has 2 aliphatic rings. The lowest BCUT2D eigenvalue weighted by molar-refractivity contribution is -0.292. The van der Waals surface area contributed by atoms with Gasteiger partial charge in [-0.3, -0.25) is 4.90 Å². The summed E-state index contributed by atoms with van der Waals surface area (Å²) in [5.41, 5.74) is -3.93. The van der Waals surface area contributed by atoms with Crippen LogP contribution in [0, 0.1) is 0 Å². The predicted octanol–water partition coefficient (Wildman–Crippen LogP) is 5.10. The quantitative estimate of drug-likeness (QED) is 0.610. The molecule has 0 fully saturated rings. The molecule has 0 saturated carbocycles. The van der Waals surface area contributed by atoms with Gasteiger partial charge < -0.3 is 0 Å². The molecule has 2 aliphatic heterocycles. The molecule has 1 aromatic rings. The van der Waals surface area contributed by atoms with Crippen LogP contribution in [0.5, 0.6) is 0 Å². The number of halogens is 7. The molecule has 3 nitrogen and oxygen atoms in total. The van der Waals surface area contributed by atoms with Gasteiger partial charge in [0.2, 0.25) is 0 Å². The van der Waals surface area contributed by atoms with Crippen LogP contribution in [-0.4, -0.2) is 34.6 Å². The fourth-order valence-electron chi connectivity index (χ4n) is 2.47. The molecule has 26 heavy (non-hydrogen) atoms. The maximum atomic E-state index is 13.5. The number of benzene rings is 1. The second kappa shape index (κ2) is 5.87. The smallest absolute Gasteiger partial charge is 0.286 e. The third kappa shape index (κ3) is 2.90. The van der Waals surface area contributed by atoms with Crippen molar-refractivity contribution in [3.63, 3.8) is 0 Å². The fourth-order valence-corrected chi connectivity index (χ4v) is 2.60. The van der Waals surface area contributed by atoms with Crippen LogP contribution in [0.3, 0.4) is 0 Å². The molecule has 0 amide bonds. The number of hydrogen-bond donors (Lipinski definition) is 0. The lowest BCUT2D eigenvalue weighted by atomic mass is 10.1. The number of allylic oxidation sites excluding steroid dienone is 2. The molecule has 0 spiro atoms. The summed E-state index contributed by atoms with van der Waals surface area (Å²) in [4.78, 5) is 7.10. The van der Waals surface area contributed by atoms with Gasteiger partial charge in [0, 0.05) is 16.8 Å². The van der Waals surface area contributed by atoms with Crippen LogP contribution >= 0.6 is 11.6 Å². The van der Waals surface area contributed by atoms with E-state index in [0.717, 1.165) is 11.0 Å². The van der Waals surface area contributed by atoms with Crippen molar-refractivity contribution in [2.45, 2.75) is 24.9 Å². The second-order valence-electron chi connectivity index (χ2n) is 5.66. The maximum absolute atomic E-state index is 13.5. The van der Waals surface area contributed by atoms with Gasteiger partial charge in [-0.2, -0.15) is 26.3 Å². The fraction of sp³-hybridized carbons (Fsp3) is 0.250. The summed E-state index contributed by atoms with van der Waals surface area (Å²) in [6.45, 7) is 1.64. The first kappa shape index (κ1) is 18.5. The molecule has 2 heterocycles. The van der Waals surface area contributed by atoms with Gasteiger partial charge in [0.25, 0.3) is 0 Å². The Kier molecular flexibility index (Phi) is 4.18. The Balaban J connectivity index is 2.29. The largest absolute Gasteiger partial charge is 0.443 e. The Hall–Kier alpha value is -2.29. The summed E-state index contributed by atoms with van der Waals surface area (Å²) in [6.07, 6.45) is -7.72. The number of aliphatic imine (C=N–C) groups is 2. The molecule has 0 aromatic heterocycles. The summed E-state index contributed by atoms with van der Waals surface area (Å²) in [5.74, 6) is -1.03. The number of hydrogen-bond acceptors (Lipinski definition) is 3. The maximum Gasteiger partial charge on any atom is 0.443 e. The molecule has 0 bridgehead atoms. The minimum Gasteiger partial charge on any atom is -0.286 e. The molecule has 0 saturated heterocycles. The van der Waals surface area contributed by atoms with E-state index in [4.69, 9.17) is 11.6 Å². The van der Waals surface area contributed by atoms with Crippen molar-refractivity contribution < 1.29 is 26.3 Å². The molecular formula is C16H10ClF6N3. The molecule has 0 aliphatic carbocycles. The van der Waals surface area contributed by atoms with E-state index in [1.54, 1.807) is 6.92 Å². The lowest BCUT2D eigenvalue weighted by Gasteiger charge is -2.38. The van der Waals surface area contributed by atoms with Crippen molar-refractivity contribution in [2.75, 3.05) is 0 Å². The Bertz CT molecular complexity index is 832. The highest BCUT2D eigenvalue weighted by atomic mass is 35.5. The summed E-state index contributed by atoms with van der Waals surface area (Å²) < 4.78 is 80.8. The number of amidine groups is 2. The zero-order chi connectivity index (χ0) is 19.3. The summed E-state index contributed by atoms with van der Waals surface area (Å²) in [7, 11) is 0. The van der Waals surface area contributed by atoms with Crippen molar-refractivity contribution in [2.24, 2.45) is 9.98 Å². The van der Waals surface area contributed by atoms with Crippen LogP contribution in [0.2, 0.25) is 5.02 Å². The van der Waals surface area contributed by atoms with E-state index in [1.165, 1.54) is 36.5 Å². The number of nitrogens with zero attached hydrogens (tertiary/aromatic N) is 3. The normalized spacial score (nSPS) is 19.5. The number of alkyl halides is 6. The number of fused-ring (bicyclic) bond motifs is 1. The number of rotatable bonds is 1. The molecule has 0 radical (unpaired) electrons. The van der Waals surface area contributed by atoms with E-state index in [2.05, 4.69) is 9.98 Å². The third-order valence-electron chi connectivity index (χ3n) is 3.74. The lowest BCUT2D eigenvalue weighted by Crippen LogP contribution is -2.58. The standard InChI is InChI=1S/C16H10ClF6N3/c1-9-2-7-12-24-14(15(18,19)20,16(21,22)23)25-13(26(12)8-9)10-3-5-11(17)6-4-10/h2-8H,1H3. The first-order chi connectivity index (χ1) is 11.9.